The van der Waals surface area contributed by atoms with Crippen LogP contribution in [0.4, 0.5) is 0 Å². The zero-order valence-corrected chi connectivity index (χ0v) is 20.0. The summed E-state index contributed by atoms with van der Waals surface area (Å²) in [5.74, 6) is 2.16. The topological polar surface area (TPSA) is 73.1 Å². The van der Waals surface area contributed by atoms with E-state index in [0.717, 1.165) is 53.0 Å². The van der Waals surface area contributed by atoms with Gasteiger partial charge in [-0.2, -0.15) is 0 Å². The number of carbonyl (C=O) groups is 1. The van der Waals surface area contributed by atoms with Gasteiger partial charge in [0.05, 0.1) is 28.3 Å². The fourth-order valence-electron chi connectivity index (χ4n) is 4.90. The Morgan fingerprint density at radius 3 is 2.33 bits per heavy atom. The molecule has 0 N–H and O–H groups in total. The quantitative estimate of drug-likeness (QED) is 0.340. The summed E-state index contributed by atoms with van der Waals surface area (Å²) in [4.78, 5) is 28.8. The summed E-state index contributed by atoms with van der Waals surface area (Å²) in [5.41, 5.74) is 4.05. The number of imidazole rings is 1. The summed E-state index contributed by atoms with van der Waals surface area (Å²) in [6, 6.07) is 25.7. The molecule has 7 nitrogen and oxygen atoms in total. The van der Waals surface area contributed by atoms with E-state index in [4.69, 9.17) is 9.72 Å². The number of amides is 1. The van der Waals surface area contributed by atoms with E-state index in [2.05, 4.69) is 20.6 Å². The molecule has 5 aromatic rings. The number of hydrogen-bond donors (Lipinski definition) is 0. The van der Waals surface area contributed by atoms with Gasteiger partial charge in [-0.25, -0.2) is 9.97 Å². The van der Waals surface area contributed by atoms with Crippen molar-refractivity contribution in [1.82, 2.24) is 24.4 Å². The Kier molecular flexibility index (Phi) is 6.03. The van der Waals surface area contributed by atoms with Gasteiger partial charge in [-0.05, 0) is 55.2 Å². The van der Waals surface area contributed by atoms with Gasteiger partial charge in [0.25, 0.3) is 5.91 Å². The first-order chi connectivity index (χ1) is 17.7. The minimum absolute atomic E-state index is 0.0447. The third-order valence-corrected chi connectivity index (χ3v) is 6.85. The molecule has 3 aromatic carbocycles. The molecule has 180 valence electrons. The minimum atomic E-state index is -0.0447. The van der Waals surface area contributed by atoms with Gasteiger partial charge in [-0.1, -0.05) is 42.5 Å². The first-order valence-corrected chi connectivity index (χ1v) is 12.4. The van der Waals surface area contributed by atoms with Gasteiger partial charge in [0.2, 0.25) is 0 Å². The number of benzene rings is 3. The van der Waals surface area contributed by atoms with Crippen molar-refractivity contribution in [1.29, 1.82) is 0 Å². The van der Waals surface area contributed by atoms with Gasteiger partial charge < -0.3 is 14.2 Å². The lowest BCUT2D eigenvalue weighted by Crippen LogP contribution is -2.39. The van der Waals surface area contributed by atoms with Gasteiger partial charge in [0.15, 0.2) is 0 Å². The van der Waals surface area contributed by atoms with Gasteiger partial charge in [0.1, 0.15) is 23.9 Å². The number of piperidine rings is 1. The van der Waals surface area contributed by atoms with Crippen molar-refractivity contribution >= 4 is 28.0 Å². The highest BCUT2D eigenvalue weighted by Crippen LogP contribution is 2.25. The monoisotopic (exact) mass is 477 g/mol. The summed E-state index contributed by atoms with van der Waals surface area (Å²) in [6.45, 7) is 2.68. The normalized spacial score (nSPS) is 14.4. The van der Waals surface area contributed by atoms with Crippen LogP contribution >= 0.6 is 0 Å². The summed E-state index contributed by atoms with van der Waals surface area (Å²) < 4.78 is 8.32. The molecule has 36 heavy (non-hydrogen) atoms. The fourth-order valence-corrected chi connectivity index (χ4v) is 4.90. The van der Waals surface area contributed by atoms with E-state index in [9.17, 15) is 4.79 Å². The average molecular weight is 478 g/mol. The van der Waals surface area contributed by atoms with E-state index in [1.165, 1.54) is 0 Å². The second-order valence-corrected chi connectivity index (χ2v) is 9.21. The molecule has 1 aliphatic heterocycles. The van der Waals surface area contributed by atoms with Crippen LogP contribution in [-0.4, -0.2) is 43.4 Å². The van der Waals surface area contributed by atoms with Crippen molar-refractivity contribution in [2.45, 2.75) is 26.0 Å². The molecule has 0 radical (unpaired) electrons. The number of carbonyl (C=O) groups excluding carboxylic acids is 1. The number of aromatic nitrogens is 4. The largest absolute Gasteiger partial charge is 0.486 e. The van der Waals surface area contributed by atoms with Crippen molar-refractivity contribution in [3.63, 3.8) is 0 Å². The standard InChI is InChI=1S/C29H27N5O2/c35-29(26-18-30-23-10-4-5-11-24(23)31-26)33-16-14-21(15-17-33)19-34-27-13-7-6-12-25(27)32-28(34)20-36-22-8-2-1-3-9-22/h1-13,18,21H,14-17,19-20H2. The number of rotatable bonds is 6. The van der Waals surface area contributed by atoms with Crippen molar-refractivity contribution in [3.8, 4) is 5.75 Å². The highest BCUT2D eigenvalue weighted by atomic mass is 16.5. The average Bonchev–Trinajstić information content (AvgIpc) is 3.29. The maximum atomic E-state index is 13.1. The summed E-state index contributed by atoms with van der Waals surface area (Å²) in [5, 5.41) is 0. The minimum Gasteiger partial charge on any atom is -0.486 e. The molecule has 1 saturated heterocycles. The van der Waals surface area contributed by atoms with E-state index in [0.29, 0.717) is 31.3 Å². The molecular formula is C29H27N5O2. The molecule has 1 amide bonds. The van der Waals surface area contributed by atoms with Crippen LogP contribution in [0.5, 0.6) is 5.75 Å². The summed E-state index contributed by atoms with van der Waals surface area (Å²) in [6.07, 6.45) is 3.45. The lowest BCUT2D eigenvalue weighted by Gasteiger charge is -2.32. The molecule has 0 bridgehead atoms. The van der Waals surface area contributed by atoms with Crippen LogP contribution in [0, 0.1) is 5.92 Å². The molecule has 2 aromatic heterocycles. The fraction of sp³-hybridized carbons (Fsp3) is 0.241. The Labute approximate surface area is 209 Å². The van der Waals surface area contributed by atoms with E-state index < -0.39 is 0 Å². The molecule has 0 aliphatic carbocycles. The molecule has 6 rings (SSSR count). The number of hydrogen-bond acceptors (Lipinski definition) is 5. The van der Waals surface area contributed by atoms with E-state index in [1.54, 1.807) is 6.20 Å². The number of likely N-dealkylation sites (tertiary alicyclic amines) is 1. The molecule has 7 heteroatoms. The molecule has 1 fully saturated rings. The lowest BCUT2D eigenvalue weighted by molar-refractivity contribution is 0.0676. The number of fused-ring (bicyclic) bond motifs is 2. The number of ether oxygens (including phenoxy) is 1. The van der Waals surface area contributed by atoms with Crippen LogP contribution < -0.4 is 4.74 Å². The Bertz CT molecular complexity index is 1510. The van der Waals surface area contributed by atoms with Gasteiger partial charge >= 0.3 is 0 Å². The van der Waals surface area contributed by atoms with E-state index in [1.807, 2.05) is 77.7 Å². The Morgan fingerprint density at radius 2 is 1.53 bits per heavy atom. The predicted molar refractivity (Wildman–Crippen MR) is 139 cm³/mol. The first-order valence-electron chi connectivity index (χ1n) is 12.4. The lowest BCUT2D eigenvalue weighted by atomic mass is 9.96. The molecule has 0 unspecified atom stereocenters. The predicted octanol–water partition coefficient (Wildman–Crippen LogP) is 5.11. The summed E-state index contributed by atoms with van der Waals surface area (Å²) >= 11 is 0. The third-order valence-electron chi connectivity index (χ3n) is 6.85. The maximum Gasteiger partial charge on any atom is 0.274 e. The number of nitrogens with zero attached hydrogens (tertiary/aromatic N) is 5. The van der Waals surface area contributed by atoms with Gasteiger partial charge in [-0.3, -0.25) is 9.78 Å². The van der Waals surface area contributed by atoms with Crippen LogP contribution in [0.2, 0.25) is 0 Å². The zero-order chi connectivity index (χ0) is 24.3. The smallest absolute Gasteiger partial charge is 0.274 e. The second kappa shape index (κ2) is 9.77. The van der Waals surface area contributed by atoms with Crippen LogP contribution in [0.3, 0.4) is 0 Å². The number of para-hydroxylation sites is 5. The van der Waals surface area contributed by atoms with Crippen LogP contribution in [-0.2, 0) is 13.2 Å². The van der Waals surface area contributed by atoms with Crippen molar-refractivity contribution in [2.75, 3.05) is 13.1 Å². The van der Waals surface area contributed by atoms with Gasteiger partial charge in [-0.15, -0.1) is 0 Å². The van der Waals surface area contributed by atoms with Crippen molar-refractivity contribution in [3.05, 3.63) is 96.6 Å². The summed E-state index contributed by atoms with van der Waals surface area (Å²) in [7, 11) is 0. The van der Waals surface area contributed by atoms with Crippen LogP contribution in [0.1, 0.15) is 29.2 Å². The van der Waals surface area contributed by atoms with E-state index in [-0.39, 0.29) is 5.91 Å². The van der Waals surface area contributed by atoms with E-state index >= 15 is 0 Å². The van der Waals surface area contributed by atoms with Crippen molar-refractivity contribution in [2.24, 2.45) is 5.92 Å². The molecule has 0 spiro atoms. The van der Waals surface area contributed by atoms with Crippen LogP contribution in [0.15, 0.2) is 85.1 Å². The zero-order valence-electron chi connectivity index (χ0n) is 20.0. The highest BCUT2D eigenvalue weighted by molar-refractivity contribution is 5.93. The Hall–Kier alpha value is -4.26. The molecule has 3 heterocycles. The first kappa shape index (κ1) is 22.2. The Balaban J connectivity index is 1.14. The maximum absolute atomic E-state index is 13.1. The van der Waals surface area contributed by atoms with Gasteiger partial charge in [0, 0.05) is 19.6 Å². The second-order valence-electron chi connectivity index (χ2n) is 9.21. The molecule has 0 saturated carbocycles. The molecule has 1 aliphatic rings. The van der Waals surface area contributed by atoms with Crippen molar-refractivity contribution < 1.29 is 9.53 Å². The molecule has 0 atom stereocenters. The highest BCUT2D eigenvalue weighted by Gasteiger charge is 2.26. The van der Waals surface area contributed by atoms with Crippen LogP contribution in [0.25, 0.3) is 22.1 Å². The Morgan fingerprint density at radius 1 is 0.833 bits per heavy atom. The molecular weight excluding hydrogens is 450 g/mol. The third kappa shape index (κ3) is 4.52. The SMILES string of the molecule is O=C(c1cnc2ccccc2n1)N1CCC(Cn2c(COc3ccccc3)nc3ccccc32)CC1.